The van der Waals surface area contributed by atoms with Crippen LogP contribution >= 0.6 is 12.2 Å². The van der Waals surface area contributed by atoms with E-state index in [9.17, 15) is 15.0 Å². The molecular weight excluding hydrogens is 344 g/mol. The molecule has 2 rings (SSSR count). The van der Waals surface area contributed by atoms with E-state index in [0.717, 1.165) is 0 Å². The average molecular weight is 362 g/mol. The van der Waals surface area contributed by atoms with E-state index in [-0.39, 0.29) is 16.0 Å². The monoisotopic (exact) mass is 362 g/mol. The van der Waals surface area contributed by atoms with Gasteiger partial charge in [-0.2, -0.15) is 0 Å². The second-order valence-corrected chi connectivity index (χ2v) is 5.39. The molecule has 8 nitrogen and oxygen atoms in total. The van der Waals surface area contributed by atoms with Gasteiger partial charge in [0.25, 0.3) is 0 Å². The van der Waals surface area contributed by atoms with E-state index >= 15 is 0 Å². The van der Waals surface area contributed by atoms with E-state index in [2.05, 4.69) is 17.0 Å². The van der Waals surface area contributed by atoms with Gasteiger partial charge in [-0.1, -0.05) is 37.0 Å². The standard InChI is InChI=1S/C16H18N4O4S/c1-2-6-24-11-5-3-4-10(7-11)13(16(22)23)20-9-18-14(19-17)12(8-21)15(20)25/h2-5,7,9,13,19,21H,1,6,8,17H2,(H,22,23). The van der Waals surface area contributed by atoms with Crippen molar-refractivity contribution in [2.24, 2.45) is 5.84 Å². The molecule has 1 aromatic carbocycles. The molecule has 1 heterocycles. The zero-order chi connectivity index (χ0) is 18.4. The summed E-state index contributed by atoms with van der Waals surface area (Å²) >= 11 is 5.30. The van der Waals surface area contributed by atoms with Crippen LogP contribution in [0.2, 0.25) is 0 Å². The van der Waals surface area contributed by atoms with Crippen LogP contribution in [-0.4, -0.2) is 32.3 Å². The van der Waals surface area contributed by atoms with Gasteiger partial charge in [-0.15, -0.1) is 0 Å². The number of rotatable bonds is 8. The van der Waals surface area contributed by atoms with E-state index in [1.165, 1.54) is 10.9 Å². The molecule has 2 aromatic rings. The Morgan fingerprint density at radius 2 is 2.32 bits per heavy atom. The molecular formula is C16H18N4O4S. The quantitative estimate of drug-likeness (QED) is 0.242. The molecule has 0 saturated heterocycles. The molecule has 0 aliphatic rings. The van der Waals surface area contributed by atoms with Crippen LogP contribution in [0.5, 0.6) is 5.75 Å². The fraction of sp³-hybridized carbons (Fsp3) is 0.188. The number of nitrogens with zero attached hydrogens (tertiary/aromatic N) is 2. The minimum Gasteiger partial charge on any atom is -0.490 e. The van der Waals surface area contributed by atoms with E-state index in [4.69, 9.17) is 22.8 Å². The van der Waals surface area contributed by atoms with Crippen molar-refractivity contribution in [3.63, 3.8) is 0 Å². The number of nitrogens with two attached hydrogens (primary N) is 1. The third-order valence-corrected chi connectivity index (χ3v) is 3.90. The van der Waals surface area contributed by atoms with Crippen molar-refractivity contribution in [2.45, 2.75) is 12.6 Å². The highest BCUT2D eigenvalue weighted by Crippen LogP contribution is 2.25. The molecule has 9 heteroatoms. The normalized spacial score (nSPS) is 11.6. The molecule has 0 radical (unpaired) electrons. The first-order valence-electron chi connectivity index (χ1n) is 7.27. The summed E-state index contributed by atoms with van der Waals surface area (Å²) in [4.78, 5) is 15.9. The summed E-state index contributed by atoms with van der Waals surface area (Å²) in [6, 6.07) is 5.52. The summed E-state index contributed by atoms with van der Waals surface area (Å²) in [6.45, 7) is 3.44. The number of benzene rings is 1. The second kappa shape index (κ2) is 8.38. The van der Waals surface area contributed by atoms with Gasteiger partial charge in [0.05, 0.1) is 18.5 Å². The molecule has 0 aliphatic heterocycles. The number of carboxylic acid groups (broad SMARTS) is 1. The Hall–Kier alpha value is -2.75. The van der Waals surface area contributed by atoms with E-state index < -0.39 is 18.6 Å². The molecule has 0 fully saturated rings. The van der Waals surface area contributed by atoms with Crippen molar-refractivity contribution >= 4 is 24.0 Å². The lowest BCUT2D eigenvalue weighted by Crippen LogP contribution is -2.23. The van der Waals surface area contributed by atoms with Gasteiger partial charge >= 0.3 is 5.97 Å². The van der Waals surface area contributed by atoms with Gasteiger partial charge in [0.2, 0.25) is 0 Å². The van der Waals surface area contributed by atoms with E-state index in [1.807, 2.05) is 0 Å². The predicted molar refractivity (Wildman–Crippen MR) is 94.7 cm³/mol. The van der Waals surface area contributed by atoms with Crippen LogP contribution < -0.4 is 16.0 Å². The summed E-state index contributed by atoms with van der Waals surface area (Å²) in [5, 5.41) is 19.2. The minimum absolute atomic E-state index is 0.121. The Kier molecular flexibility index (Phi) is 6.23. The maximum absolute atomic E-state index is 11.9. The van der Waals surface area contributed by atoms with Crippen molar-refractivity contribution < 1.29 is 19.7 Å². The third-order valence-electron chi connectivity index (χ3n) is 3.44. The van der Waals surface area contributed by atoms with Crippen LogP contribution in [-0.2, 0) is 11.4 Å². The van der Waals surface area contributed by atoms with Gasteiger partial charge in [0, 0.05) is 0 Å². The average Bonchev–Trinajstić information content (AvgIpc) is 2.61. The highest BCUT2D eigenvalue weighted by atomic mass is 32.1. The van der Waals surface area contributed by atoms with Crippen molar-refractivity contribution in [1.82, 2.24) is 9.55 Å². The summed E-state index contributed by atoms with van der Waals surface area (Å²) < 4.78 is 6.85. The van der Waals surface area contributed by atoms with Crippen molar-refractivity contribution in [2.75, 3.05) is 12.0 Å². The minimum atomic E-state index is -1.13. The maximum atomic E-state index is 11.9. The molecule has 1 aromatic heterocycles. The number of nitrogen functional groups attached to an aromatic ring is 1. The van der Waals surface area contributed by atoms with Gasteiger partial charge in [0.1, 0.15) is 22.8 Å². The molecule has 25 heavy (non-hydrogen) atoms. The molecule has 1 atom stereocenters. The highest BCUT2D eigenvalue weighted by Gasteiger charge is 2.24. The lowest BCUT2D eigenvalue weighted by molar-refractivity contribution is -0.139. The van der Waals surface area contributed by atoms with Crippen LogP contribution in [0.25, 0.3) is 0 Å². The van der Waals surface area contributed by atoms with E-state index in [0.29, 0.717) is 17.9 Å². The number of anilines is 1. The van der Waals surface area contributed by atoms with Gasteiger partial charge in [0.15, 0.2) is 6.04 Å². The first-order chi connectivity index (χ1) is 12.0. The fourth-order valence-electron chi connectivity index (χ4n) is 2.31. The molecule has 0 amide bonds. The van der Waals surface area contributed by atoms with Gasteiger partial charge in [-0.3, -0.25) is 0 Å². The summed E-state index contributed by atoms with van der Waals surface area (Å²) in [5.74, 6) is 4.91. The van der Waals surface area contributed by atoms with Gasteiger partial charge in [-0.05, 0) is 17.7 Å². The maximum Gasteiger partial charge on any atom is 0.331 e. The number of aliphatic carboxylic acids is 1. The molecule has 0 saturated carbocycles. The Morgan fingerprint density at radius 3 is 2.92 bits per heavy atom. The zero-order valence-electron chi connectivity index (χ0n) is 13.3. The smallest absolute Gasteiger partial charge is 0.331 e. The SMILES string of the molecule is C=CCOc1cccc(C(C(=O)O)n2cnc(NN)c(CO)c2=S)c1. The zero-order valence-corrected chi connectivity index (χ0v) is 14.1. The van der Waals surface area contributed by atoms with Gasteiger partial charge in [-0.25, -0.2) is 15.6 Å². The second-order valence-electron chi connectivity index (χ2n) is 5.00. The Bertz CT molecular complexity index is 837. The Balaban J connectivity index is 2.55. The number of aliphatic hydroxyl groups is 1. The van der Waals surface area contributed by atoms with Crippen molar-refractivity contribution in [3.8, 4) is 5.75 Å². The van der Waals surface area contributed by atoms with Crippen molar-refractivity contribution in [3.05, 3.63) is 59.0 Å². The number of nitrogens with one attached hydrogen (secondary N) is 1. The largest absolute Gasteiger partial charge is 0.490 e. The molecule has 1 unspecified atom stereocenters. The Morgan fingerprint density at radius 1 is 1.56 bits per heavy atom. The first kappa shape index (κ1) is 18.6. The number of hydrogen-bond acceptors (Lipinski definition) is 7. The summed E-state index contributed by atoms with van der Waals surface area (Å²) in [7, 11) is 0. The first-order valence-corrected chi connectivity index (χ1v) is 7.68. The number of aliphatic hydroxyl groups excluding tert-OH is 1. The lowest BCUT2D eigenvalue weighted by Gasteiger charge is -2.19. The predicted octanol–water partition coefficient (Wildman–Crippen LogP) is 1.63. The summed E-state index contributed by atoms with van der Waals surface area (Å²) in [5.41, 5.74) is 3.02. The number of carboxylic acids is 1. The van der Waals surface area contributed by atoms with Crippen LogP contribution in [0.3, 0.4) is 0 Å². The third kappa shape index (κ3) is 4.02. The van der Waals surface area contributed by atoms with Crippen LogP contribution in [0.1, 0.15) is 17.2 Å². The van der Waals surface area contributed by atoms with Crippen LogP contribution in [0, 0.1) is 4.64 Å². The molecule has 0 aliphatic carbocycles. The molecule has 0 spiro atoms. The molecule has 132 valence electrons. The number of hydrazine groups is 1. The Labute approximate surface area is 149 Å². The van der Waals surface area contributed by atoms with Gasteiger partial charge < -0.3 is 24.9 Å². The number of aromatic nitrogens is 2. The fourth-order valence-corrected chi connectivity index (χ4v) is 2.62. The summed E-state index contributed by atoms with van der Waals surface area (Å²) in [6.07, 6.45) is 2.86. The van der Waals surface area contributed by atoms with Crippen LogP contribution in [0.15, 0.2) is 43.2 Å². The number of hydrogen-bond donors (Lipinski definition) is 4. The van der Waals surface area contributed by atoms with Crippen molar-refractivity contribution in [1.29, 1.82) is 0 Å². The lowest BCUT2D eigenvalue weighted by atomic mass is 10.1. The molecule has 0 bridgehead atoms. The number of carbonyl (C=O) groups is 1. The number of ether oxygens (including phenoxy) is 1. The topological polar surface area (TPSA) is 123 Å². The van der Waals surface area contributed by atoms with E-state index in [1.54, 1.807) is 30.3 Å². The highest BCUT2D eigenvalue weighted by molar-refractivity contribution is 7.71. The molecule has 5 N–H and O–H groups in total. The van der Waals surface area contributed by atoms with Crippen LogP contribution in [0.4, 0.5) is 5.82 Å².